The van der Waals surface area contributed by atoms with Crippen molar-refractivity contribution in [2.75, 3.05) is 13.1 Å². The SMILES string of the molecule is CC(C)CN(CC(=O)C(C)C)C1CCCC1. The Morgan fingerprint density at radius 2 is 1.75 bits per heavy atom. The quantitative estimate of drug-likeness (QED) is 0.692. The second kappa shape index (κ2) is 6.39. The van der Waals surface area contributed by atoms with Crippen molar-refractivity contribution in [1.82, 2.24) is 4.90 Å². The van der Waals surface area contributed by atoms with Crippen molar-refractivity contribution in [2.24, 2.45) is 11.8 Å². The molecule has 1 aliphatic rings. The maximum absolute atomic E-state index is 11.8. The molecule has 0 N–H and O–H groups in total. The molecule has 2 nitrogen and oxygen atoms in total. The molecule has 0 bridgehead atoms. The summed E-state index contributed by atoms with van der Waals surface area (Å²) in [7, 11) is 0. The van der Waals surface area contributed by atoms with Gasteiger partial charge in [0.2, 0.25) is 0 Å². The van der Waals surface area contributed by atoms with Gasteiger partial charge >= 0.3 is 0 Å². The van der Waals surface area contributed by atoms with E-state index in [0.717, 1.165) is 6.54 Å². The Balaban J connectivity index is 2.52. The molecule has 0 aromatic heterocycles. The van der Waals surface area contributed by atoms with Crippen LogP contribution in [0.4, 0.5) is 0 Å². The fraction of sp³-hybridized carbons (Fsp3) is 0.929. The lowest BCUT2D eigenvalue weighted by Gasteiger charge is -2.30. The van der Waals surface area contributed by atoms with Gasteiger partial charge in [-0.15, -0.1) is 0 Å². The van der Waals surface area contributed by atoms with Gasteiger partial charge in [0, 0.05) is 18.5 Å². The molecule has 0 aliphatic heterocycles. The third-order valence-electron chi connectivity index (χ3n) is 3.44. The molecule has 0 unspecified atom stereocenters. The summed E-state index contributed by atoms with van der Waals surface area (Å²) in [5.41, 5.74) is 0. The van der Waals surface area contributed by atoms with E-state index in [1.54, 1.807) is 0 Å². The summed E-state index contributed by atoms with van der Waals surface area (Å²) in [6.45, 7) is 10.2. The fourth-order valence-electron chi connectivity index (χ4n) is 2.46. The lowest BCUT2D eigenvalue weighted by Crippen LogP contribution is -2.41. The Bertz CT molecular complexity index is 217. The molecule has 1 rings (SSSR count). The molecular weight excluding hydrogens is 198 g/mol. The van der Waals surface area contributed by atoms with E-state index in [4.69, 9.17) is 0 Å². The van der Waals surface area contributed by atoms with E-state index in [0.29, 0.717) is 24.3 Å². The minimum atomic E-state index is 0.177. The van der Waals surface area contributed by atoms with Gasteiger partial charge in [0.25, 0.3) is 0 Å². The van der Waals surface area contributed by atoms with Crippen LogP contribution in [-0.2, 0) is 4.79 Å². The van der Waals surface area contributed by atoms with Crippen molar-refractivity contribution in [3.8, 4) is 0 Å². The normalized spacial score (nSPS) is 17.9. The summed E-state index contributed by atoms with van der Waals surface area (Å²) in [6.07, 6.45) is 5.26. The maximum Gasteiger partial charge on any atom is 0.149 e. The molecule has 0 amide bonds. The average molecular weight is 225 g/mol. The summed E-state index contributed by atoms with van der Waals surface area (Å²) in [4.78, 5) is 14.3. The third kappa shape index (κ3) is 4.25. The largest absolute Gasteiger partial charge is 0.298 e. The molecule has 16 heavy (non-hydrogen) atoms. The zero-order valence-electron chi connectivity index (χ0n) is 11.3. The molecule has 0 spiro atoms. The topological polar surface area (TPSA) is 20.3 Å². The molecule has 1 saturated carbocycles. The van der Waals surface area contributed by atoms with Crippen molar-refractivity contribution < 1.29 is 4.79 Å². The van der Waals surface area contributed by atoms with E-state index in [1.807, 2.05) is 13.8 Å². The Labute approximate surface area is 100 Å². The highest BCUT2D eigenvalue weighted by molar-refractivity contribution is 5.82. The maximum atomic E-state index is 11.8. The average Bonchev–Trinajstić information content (AvgIpc) is 2.68. The summed E-state index contributed by atoms with van der Waals surface area (Å²) in [5.74, 6) is 1.23. The number of hydrogen-bond acceptors (Lipinski definition) is 2. The fourth-order valence-corrected chi connectivity index (χ4v) is 2.46. The molecule has 94 valence electrons. The number of hydrogen-bond donors (Lipinski definition) is 0. The van der Waals surface area contributed by atoms with Gasteiger partial charge in [-0.1, -0.05) is 40.5 Å². The van der Waals surface area contributed by atoms with Crippen LogP contribution in [-0.4, -0.2) is 29.8 Å². The highest BCUT2D eigenvalue weighted by atomic mass is 16.1. The first-order valence-corrected chi connectivity index (χ1v) is 6.77. The molecule has 0 radical (unpaired) electrons. The van der Waals surface area contributed by atoms with Gasteiger partial charge < -0.3 is 0 Å². The lowest BCUT2D eigenvalue weighted by molar-refractivity contribution is -0.123. The van der Waals surface area contributed by atoms with E-state index < -0.39 is 0 Å². The highest BCUT2D eigenvalue weighted by Crippen LogP contribution is 2.24. The molecule has 0 saturated heterocycles. The first-order chi connectivity index (χ1) is 7.50. The predicted molar refractivity (Wildman–Crippen MR) is 68.5 cm³/mol. The van der Waals surface area contributed by atoms with Crippen LogP contribution in [0.25, 0.3) is 0 Å². The van der Waals surface area contributed by atoms with Gasteiger partial charge in [-0.3, -0.25) is 9.69 Å². The van der Waals surface area contributed by atoms with Crippen molar-refractivity contribution in [3.63, 3.8) is 0 Å². The van der Waals surface area contributed by atoms with Crippen LogP contribution in [0.5, 0.6) is 0 Å². The van der Waals surface area contributed by atoms with E-state index in [9.17, 15) is 4.79 Å². The molecule has 0 atom stereocenters. The lowest BCUT2D eigenvalue weighted by atomic mass is 10.1. The van der Waals surface area contributed by atoms with E-state index >= 15 is 0 Å². The summed E-state index contributed by atoms with van der Waals surface area (Å²) >= 11 is 0. The Hall–Kier alpha value is -0.370. The Morgan fingerprint density at radius 1 is 1.19 bits per heavy atom. The summed E-state index contributed by atoms with van der Waals surface area (Å²) < 4.78 is 0. The minimum absolute atomic E-state index is 0.177. The van der Waals surface area contributed by atoms with Crippen LogP contribution in [0.2, 0.25) is 0 Å². The third-order valence-corrected chi connectivity index (χ3v) is 3.44. The molecule has 0 aromatic carbocycles. The van der Waals surface area contributed by atoms with Crippen molar-refractivity contribution in [3.05, 3.63) is 0 Å². The molecule has 1 aliphatic carbocycles. The van der Waals surface area contributed by atoms with E-state index in [2.05, 4.69) is 18.7 Å². The van der Waals surface area contributed by atoms with Crippen molar-refractivity contribution >= 4 is 5.78 Å². The Morgan fingerprint density at radius 3 is 2.19 bits per heavy atom. The minimum Gasteiger partial charge on any atom is -0.298 e. The van der Waals surface area contributed by atoms with Crippen LogP contribution in [0.15, 0.2) is 0 Å². The zero-order valence-corrected chi connectivity index (χ0v) is 11.3. The monoisotopic (exact) mass is 225 g/mol. The van der Waals surface area contributed by atoms with Gasteiger partial charge in [-0.05, 0) is 18.8 Å². The van der Waals surface area contributed by atoms with E-state index in [1.165, 1.54) is 25.7 Å². The summed E-state index contributed by atoms with van der Waals surface area (Å²) in [5, 5.41) is 0. The molecular formula is C14H27NO. The highest BCUT2D eigenvalue weighted by Gasteiger charge is 2.25. The molecule has 0 aromatic rings. The second-order valence-corrected chi connectivity index (χ2v) is 5.88. The van der Waals surface area contributed by atoms with Crippen LogP contribution < -0.4 is 0 Å². The second-order valence-electron chi connectivity index (χ2n) is 5.88. The first kappa shape index (κ1) is 13.7. The first-order valence-electron chi connectivity index (χ1n) is 6.77. The van der Waals surface area contributed by atoms with Crippen LogP contribution in [0, 0.1) is 11.8 Å². The van der Waals surface area contributed by atoms with Crippen molar-refractivity contribution in [2.45, 2.75) is 59.4 Å². The van der Waals surface area contributed by atoms with Crippen LogP contribution >= 0.6 is 0 Å². The standard InChI is InChI=1S/C14H27NO/c1-11(2)9-15(10-14(16)12(3)4)13-7-5-6-8-13/h11-13H,5-10H2,1-4H3. The number of ketones is 1. The smallest absolute Gasteiger partial charge is 0.149 e. The molecule has 1 fully saturated rings. The molecule has 2 heteroatoms. The number of Topliss-reactive ketones (excluding diaryl/α,β-unsaturated/α-hetero) is 1. The predicted octanol–water partition coefficient (Wildman–Crippen LogP) is 3.11. The number of carbonyl (C=O) groups is 1. The molecule has 0 heterocycles. The van der Waals surface area contributed by atoms with Crippen molar-refractivity contribution in [1.29, 1.82) is 0 Å². The van der Waals surface area contributed by atoms with Gasteiger partial charge in [-0.2, -0.15) is 0 Å². The van der Waals surface area contributed by atoms with Crippen LogP contribution in [0.3, 0.4) is 0 Å². The zero-order chi connectivity index (χ0) is 12.1. The summed E-state index contributed by atoms with van der Waals surface area (Å²) in [6, 6.07) is 0.671. The number of rotatable bonds is 6. The van der Waals surface area contributed by atoms with Gasteiger partial charge in [0.1, 0.15) is 5.78 Å². The van der Waals surface area contributed by atoms with E-state index in [-0.39, 0.29) is 5.92 Å². The Kier molecular flexibility index (Phi) is 5.47. The number of carbonyl (C=O) groups excluding carboxylic acids is 1. The van der Waals surface area contributed by atoms with Gasteiger partial charge in [-0.25, -0.2) is 0 Å². The van der Waals surface area contributed by atoms with Gasteiger partial charge in [0.05, 0.1) is 6.54 Å². The van der Waals surface area contributed by atoms with Crippen LogP contribution in [0.1, 0.15) is 53.4 Å². The van der Waals surface area contributed by atoms with Gasteiger partial charge in [0.15, 0.2) is 0 Å². The number of nitrogens with zero attached hydrogens (tertiary/aromatic N) is 1.